The standard InChI is InChI=1S/C16H19Cl/c1-3-16(17)12(2)11-14-9-6-8-13-7-4-5-10-15(13)14/h4-10,12,16H,3,11H2,1-2H3. The van der Waals surface area contributed by atoms with Crippen LogP contribution in [0.2, 0.25) is 0 Å². The van der Waals surface area contributed by atoms with Crippen molar-refractivity contribution in [1.29, 1.82) is 0 Å². The summed E-state index contributed by atoms with van der Waals surface area (Å²) in [6.45, 7) is 4.39. The van der Waals surface area contributed by atoms with E-state index >= 15 is 0 Å². The van der Waals surface area contributed by atoms with E-state index in [1.165, 1.54) is 16.3 Å². The normalized spacial score (nSPS) is 14.8. The molecule has 1 heteroatoms. The molecule has 2 unspecified atom stereocenters. The molecule has 2 rings (SSSR count). The summed E-state index contributed by atoms with van der Waals surface area (Å²) >= 11 is 6.32. The molecule has 2 atom stereocenters. The molecule has 2 aromatic carbocycles. The molecule has 2 aromatic rings. The van der Waals surface area contributed by atoms with Gasteiger partial charge < -0.3 is 0 Å². The predicted molar refractivity (Wildman–Crippen MR) is 76.7 cm³/mol. The molecule has 0 spiro atoms. The van der Waals surface area contributed by atoms with E-state index in [0.29, 0.717) is 5.92 Å². The van der Waals surface area contributed by atoms with Crippen LogP contribution in [0.3, 0.4) is 0 Å². The van der Waals surface area contributed by atoms with Crippen molar-refractivity contribution in [3.8, 4) is 0 Å². The lowest BCUT2D eigenvalue weighted by atomic mass is 9.93. The number of hydrogen-bond acceptors (Lipinski definition) is 0. The number of benzene rings is 2. The Morgan fingerprint density at radius 2 is 1.76 bits per heavy atom. The summed E-state index contributed by atoms with van der Waals surface area (Å²) in [5.74, 6) is 0.521. The van der Waals surface area contributed by atoms with E-state index in [1.807, 2.05) is 0 Å². The second kappa shape index (κ2) is 5.55. The minimum atomic E-state index is 0.272. The molecule has 17 heavy (non-hydrogen) atoms. The van der Waals surface area contributed by atoms with Crippen LogP contribution in [0.5, 0.6) is 0 Å². The third kappa shape index (κ3) is 2.81. The molecule has 0 aromatic heterocycles. The van der Waals surface area contributed by atoms with Crippen molar-refractivity contribution in [3.05, 3.63) is 48.0 Å². The SMILES string of the molecule is CCC(Cl)C(C)Cc1cccc2ccccc12. The highest BCUT2D eigenvalue weighted by Gasteiger charge is 2.13. The number of fused-ring (bicyclic) bond motifs is 1. The highest BCUT2D eigenvalue weighted by atomic mass is 35.5. The summed E-state index contributed by atoms with van der Waals surface area (Å²) in [4.78, 5) is 0. The van der Waals surface area contributed by atoms with Crippen LogP contribution in [0.1, 0.15) is 25.8 Å². The maximum atomic E-state index is 6.32. The first kappa shape index (κ1) is 12.4. The average Bonchev–Trinajstić information content (AvgIpc) is 2.38. The summed E-state index contributed by atoms with van der Waals surface area (Å²) in [5.41, 5.74) is 1.41. The van der Waals surface area contributed by atoms with Crippen molar-refractivity contribution in [1.82, 2.24) is 0 Å². The van der Waals surface area contributed by atoms with Gasteiger partial charge >= 0.3 is 0 Å². The Kier molecular flexibility index (Phi) is 4.06. The monoisotopic (exact) mass is 246 g/mol. The van der Waals surface area contributed by atoms with E-state index in [1.54, 1.807) is 0 Å². The first-order valence-electron chi connectivity index (χ1n) is 6.33. The molecule has 0 saturated heterocycles. The third-order valence-corrected chi connectivity index (χ3v) is 4.17. The Labute approximate surface area is 109 Å². The first-order chi connectivity index (χ1) is 8.22. The molecule has 0 nitrogen and oxygen atoms in total. The van der Waals surface area contributed by atoms with E-state index in [-0.39, 0.29) is 5.38 Å². The lowest BCUT2D eigenvalue weighted by Crippen LogP contribution is -2.13. The van der Waals surface area contributed by atoms with Crippen molar-refractivity contribution >= 4 is 22.4 Å². The fourth-order valence-corrected chi connectivity index (χ4v) is 2.44. The molecule has 90 valence electrons. The highest BCUT2D eigenvalue weighted by molar-refractivity contribution is 6.20. The Hall–Kier alpha value is -1.01. The van der Waals surface area contributed by atoms with Crippen molar-refractivity contribution in [2.75, 3.05) is 0 Å². The lowest BCUT2D eigenvalue weighted by molar-refractivity contribution is 0.533. The van der Waals surface area contributed by atoms with Crippen LogP contribution < -0.4 is 0 Å². The summed E-state index contributed by atoms with van der Waals surface area (Å²) in [6.07, 6.45) is 2.09. The molecule has 0 aliphatic carbocycles. The summed E-state index contributed by atoms with van der Waals surface area (Å²) in [5, 5.41) is 2.95. The zero-order valence-corrected chi connectivity index (χ0v) is 11.2. The van der Waals surface area contributed by atoms with E-state index in [4.69, 9.17) is 11.6 Å². The second-order valence-electron chi connectivity index (χ2n) is 4.74. The summed E-state index contributed by atoms with van der Waals surface area (Å²) in [6, 6.07) is 15.1. The lowest BCUT2D eigenvalue weighted by Gasteiger charge is -2.17. The molecule has 0 aliphatic heterocycles. The van der Waals surface area contributed by atoms with Crippen LogP contribution >= 0.6 is 11.6 Å². The van der Waals surface area contributed by atoms with Gasteiger partial charge in [0.25, 0.3) is 0 Å². The minimum absolute atomic E-state index is 0.272. The maximum Gasteiger partial charge on any atom is 0.0362 e. The van der Waals surface area contributed by atoms with Gasteiger partial charge in [0.1, 0.15) is 0 Å². The molecular weight excluding hydrogens is 228 g/mol. The highest BCUT2D eigenvalue weighted by Crippen LogP contribution is 2.24. The minimum Gasteiger partial charge on any atom is -0.123 e. The molecule has 0 aliphatic rings. The molecule has 0 N–H and O–H groups in total. The Morgan fingerprint density at radius 3 is 2.53 bits per heavy atom. The zero-order valence-electron chi connectivity index (χ0n) is 10.5. The van der Waals surface area contributed by atoms with E-state index < -0.39 is 0 Å². The van der Waals surface area contributed by atoms with Crippen LogP contribution in [-0.4, -0.2) is 5.38 Å². The molecule has 0 heterocycles. The molecule has 0 amide bonds. The molecule has 0 radical (unpaired) electrons. The molecule has 0 bridgehead atoms. The first-order valence-corrected chi connectivity index (χ1v) is 6.76. The van der Waals surface area contributed by atoms with Gasteiger partial charge in [-0.15, -0.1) is 11.6 Å². The summed E-state index contributed by atoms with van der Waals surface area (Å²) in [7, 11) is 0. The van der Waals surface area contributed by atoms with E-state index in [2.05, 4.69) is 56.3 Å². The van der Waals surface area contributed by atoms with Gasteiger partial charge in [0.15, 0.2) is 0 Å². The van der Waals surface area contributed by atoms with Gasteiger partial charge in [-0.2, -0.15) is 0 Å². The van der Waals surface area contributed by atoms with Gasteiger partial charge in [0.2, 0.25) is 0 Å². The Morgan fingerprint density at radius 1 is 1.06 bits per heavy atom. The molecule has 0 fully saturated rings. The fourth-order valence-electron chi connectivity index (χ4n) is 2.35. The van der Waals surface area contributed by atoms with Crippen LogP contribution in [0, 0.1) is 5.92 Å². The van der Waals surface area contributed by atoms with Gasteiger partial charge in [-0.3, -0.25) is 0 Å². The van der Waals surface area contributed by atoms with Crippen molar-refractivity contribution < 1.29 is 0 Å². The third-order valence-electron chi connectivity index (χ3n) is 3.43. The number of hydrogen-bond donors (Lipinski definition) is 0. The average molecular weight is 247 g/mol. The van der Waals surface area contributed by atoms with E-state index in [0.717, 1.165) is 12.8 Å². The number of halogens is 1. The number of rotatable bonds is 4. The largest absolute Gasteiger partial charge is 0.123 e. The van der Waals surface area contributed by atoms with Gasteiger partial charge in [-0.05, 0) is 35.1 Å². The predicted octanol–water partition coefficient (Wildman–Crippen LogP) is 5.04. The zero-order chi connectivity index (χ0) is 12.3. The van der Waals surface area contributed by atoms with Crippen LogP contribution in [0.25, 0.3) is 10.8 Å². The second-order valence-corrected chi connectivity index (χ2v) is 5.30. The number of alkyl halides is 1. The van der Waals surface area contributed by atoms with Crippen molar-refractivity contribution in [3.63, 3.8) is 0 Å². The smallest absolute Gasteiger partial charge is 0.0362 e. The topological polar surface area (TPSA) is 0 Å². The fraction of sp³-hybridized carbons (Fsp3) is 0.375. The quantitative estimate of drug-likeness (QED) is 0.664. The van der Waals surface area contributed by atoms with Gasteiger partial charge in [0.05, 0.1) is 0 Å². The van der Waals surface area contributed by atoms with Crippen LogP contribution in [-0.2, 0) is 6.42 Å². The van der Waals surface area contributed by atoms with Crippen molar-refractivity contribution in [2.45, 2.75) is 32.1 Å². The summed E-state index contributed by atoms with van der Waals surface area (Å²) < 4.78 is 0. The Bertz CT molecular complexity index is 484. The Balaban J connectivity index is 2.30. The maximum absolute atomic E-state index is 6.32. The van der Waals surface area contributed by atoms with Gasteiger partial charge in [-0.1, -0.05) is 56.3 Å². The van der Waals surface area contributed by atoms with Gasteiger partial charge in [0, 0.05) is 5.38 Å². The van der Waals surface area contributed by atoms with Crippen LogP contribution in [0.4, 0.5) is 0 Å². The molecule has 0 saturated carbocycles. The van der Waals surface area contributed by atoms with E-state index in [9.17, 15) is 0 Å². The van der Waals surface area contributed by atoms with Crippen LogP contribution in [0.15, 0.2) is 42.5 Å². The molecular formula is C16H19Cl. The van der Waals surface area contributed by atoms with Gasteiger partial charge in [-0.25, -0.2) is 0 Å². The van der Waals surface area contributed by atoms with Crippen molar-refractivity contribution in [2.24, 2.45) is 5.92 Å².